The monoisotopic (exact) mass is 284 g/mol. The Morgan fingerprint density at radius 2 is 2.00 bits per heavy atom. The first-order valence-electron chi connectivity index (χ1n) is 7.31. The van der Waals surface area contributed by atoms with E-state index < -0.39 is 0 Å². The van der Waals surface area contributed by atoms with Gasteiger partial charge in [-0.1, -0.05) is 20.8 Å². The molecule has 1 aromatic rings. The Labute approximate surface area is 121 Å². The summed E-state index contributed by atoms with van der Waals surface area (Å²) in [4.78, 5) is 3.04. The summed E-state index contributed by atoms with van der Waals surface area (Å²) in [5.74, 6) is 2.39. The quantitative estimate of drug-likeness (QED) is 0.638. The zero-order chi connectivity index (χ0) is 13.1. The van der Waals surface area contributed by atoms with Crippen LogP contribution in [0.2, 0.25) is 0 Å². The molecule has 102 valence electrons. The number of rotatable bonds is 4. The fourth-order valence-corrected chi connectivity index (χ4v) is 4.43. The maximum absolute atomic E-state index is 6.55. The Balaban J connectivity index is 1.97. The predicted molar refractivity (Wildman–Crippen MR) is 82.7 cm³/mol. The van der Waals surface area contributed by atoms with Crippen molar-refractivity contribution < 1.29 is 0 Å². The lowest BCUT2D eigenvalue weighted by atomic mass is 9.75. The number of alkyl halides is 1. The third-order valence-corrected chi connectivity index (χ3v) is 6.23. The molecule has 1 aliphatic rings. The molecule has 0 N–H and O–H groups in total. The van der Waals surface area contributed by atoms with Crippen LogP contribution in [0.1, 0.15) is 49.8 Å². The van der Waals surface area contributed by atoms with Crippen molar-refractivity contribution in [1.82, 2.24) is 0 Å². The van der Waals surface area contributed by atoms with Crippen LogP contribution in [0, 0.1) is 17.8 Å². The summed E-state index contributed by atoms with van der Waals surface area (Å²) in [5.41, 5.74) is 0. The number of hydrogen-bond acceptors (Lipinski definition) is 1. The van der Waals surface area contributed by atoms with Crippen LogP contribution in [-0.4, -0.2) is 5.38 Å². The number of hydrogen-bond donors (Lipinski definition) is 0. The van der Waals surface area contributed by atoms with Crippen molar-refractivity contribution in [2.24, 2.45) is 17.8 Å². The standard InChI is InChI=1S/C16H25ClS/c1-4-14-6-7-15(18-14)10-13-9-12(11(2)3)5-8-16(13)17/h6-7,11-13,16H,4-5,8-10H2,1-3H3. The van der Waals surface area contributed by atoms with E-state index in [4.69, 9.17) is 11.6 Å². The Morgan fingerprint density at radius 1 is 1.28 bits per heavy atom. The van der Waals surface area contributed by atoms with Gasteiger partial charge in [0.05, 0.1) is 0 Å². The number of thiophene rings is 1. The van der Waals surface area contributed by atoms with Gasteiger partial charge in [-0.05, 0) is 62.0 Å². The lowest BCUT2D eigenvalue weighted by molar-refractivity contribution is 0.218. The maximum Gasteiger partial charge on any atom is 0.0367 e. The molecule has 0 aromatic carbocycles. The normalized spacial score (nSPS) is 28.8. The first-order valence-corrected chi connectivity index (χ1v) is 8.57. The molecule has 18 heavy (non-hydrogen) atoms. The zero-order valence-corrected chi connectivity index (χ0v) is 13.4. The molecule has 0 aliphatic heterocycles. The minimum absolute atomic E-state index is 0.396. The maximum atomic E-state index is 6.55. The van der Waals surface area contributed by atoms with Crippen molar-refractivity contribution >= 4 is 22.9 Å². The molecule has 0 saturated heterocycles. The van der Waals surface area contributed by atoms with Gasteiger partial charge in [0.2, 0.25) is 0 Å². The average molecular weight is 285 g/mol. The molecule has 1 aliphatic carbocycles. The van der Waals surface area contributed by atoms with Gasteiger partial charge in [0.15, 0.2) is 0 Å². The van der Waals surface area contributed by atoms with Crippen molar-refractivity contribution in [3.8, 4) is 0 Å². The van der Waals surface area contributed by atoms with E-state index in [2.05, 4.69) is 32.9 Å². The molecular formula is C16H25ClS. The van der Waals surface area contributed by atoms with Gasteiger partial charge in [-0.15, -0.1) is 22.9 Å². The van der Waals surface area contributed by atoms with Crippen molar-refractivity contribution in [3.05, 3.63) is 21.9 Å². The summed E-state index contributed by atoms with van der Waals surface area (Å²) in [5, 5.41) is 0.396. The summed E-state index contributed by atoms with van der Waals surface area (Å²) >= 11 is 8.53. The van der Waals surface area contributed by atoms with Crippen LogP contribution in [0.4, 0.5) is 0 Å². The minimum Gasteiger partial charge on any atom is -0.145 e. The third-order valence-electron chi connectivity index (χ3n) is 4.40. The molecular weight excluding hydrogens is 260 g/mol. The van der Waals surface area contributed by atoms with E-state index in [0.717, 1.165) is 18.3 Å². The number of aryl methyl sites for hydroxylation is 1. The van der Waals surface area contributed by atoms with E-state index in [1.54, 1.807) is 0 Å². The first-order chi connectivity index (χ1) is 8.60. The highest BCUT2D eigenvalue weighted by molar-refractivity contribution is 7.11. The largest absolute Gasteiger partial charge is 0.145 e. The lowest BCUT2D eigenvalue weighted by Gasteiger charge is -2.35. The van der Waals surface area contributed by atoms with Gasteiger partial charge >= 0.3 is 0 Å². The van der Waals surface area contributed by atoms with E-state index in [-0.39, 0.29) is 0 Å². The Morgan fingerprint density at radius 3 is 2.61 bits per heavy atom. The second kappa shape index (κ2) is 6.43. The molecule has 1 heterocycles. The fraction of sp³-hybridized carbons (Fsp3) is 0.750. The van der Waals surface area contributed by atoms with Gasteiger partial charge in [-0.3, -0.25) is 0 Å². The highest BCUT2D eigenvalue weighted by Gasteiger charge is 2.30. The molecule has 1 saturated carbocycles. The van der Waals surface area contributed by atoms with Crippen LogP contribution in [0.5, 0.6) is 0 Å². The van der Waals surface area contributed by atoms with Gasteiger partial charge in [-0.25, -0.2) is 0 Å². The summed E-state index contributed by atoms with van der Waals surface area (Å²) < 4.78 is 0. The van der Waals surface area contributed by atoms with Crippen LogP contribution < -0.4 is 0 Å². The molecule has 0 radical (unpaired) electrons. The lowest BCUT2D eigenvalue weighted by Crippen LogP contribution is -2.29. The highest BCUT2D eigenvalue weighted by atomic mass is 35.5. The summed E-state index contributed by atoms with van der Waals surface area (Å²) in [6.45, 7) is 6.95. The molecule has 3 atom stereocenters. The van der Waals surface area contributed by atoms with Crippen LogP contribution in [0.3, 0.4) is 0 Å². The SMILES string of the molecule is CCc1ccc(CC2CC(C(C)C)CCC2Cl)s1. The molecule has 0 bridgehead atoms. The Kier molecular flexibility index (Phi) is 5.14. The Bertz CT molecular complexity index is 369. The first kappa shape index (κ1) is 14.4. The van der Waals surface area contributed by atoms with E-state index in [0.29, 0.717) is 11.3 Å². The fourth-order valence-electron chi connectivity index (χ4n) is 3.06. The molecule has 3 unspecified atom stereocenters. The second-order valence-electron chi connectivity index (χ2n) is 6.02. The van der Waals surface area contributed by atoms with Crippen LogP contribution >= 0.6 is 22.9 Å². The molecule has 2 heteroatoms. The van der Waals surface area contributed by atoms with E-state index in [9.17, 15) is 0 Å². The van der Waals surface area contributed by atoms with Crippen LogP contribution in [0.25, 0.3) is 0 Å². The summed E-state index contributed by atoms with van der Waals surface area (Å²) in [7, 11) is 0. The van der Waals surface area contributed by atoms with Crippen molar-refractivity contribution in [3.63, 3.8) is 0 Å². The van der Waals surface area contributed by atoms with Gasteiger partial charge in [0.1, 0.15) is 0 Å². The van der Waals surface area contributed by atoms with Crippen LogP contribution in [-0.2, 0) is 12.8 Å². The topological polar surface area (TPSA) is 0 Å². The molecule has 0 spiro atoms. The minimum atomic E-state index is 0.396. The highest BCUT2D eigenvalue weighted by Crippen LogP contribution is 2.38. The van der Waals surface area contributed by atoms with E-state index in [1.807, 2.05) is 11.3 Å². The van der Waals surface area contributed by atoms with Crippen molar-refractivity contribution in [1.29, 1.82) is 0 Å². The smallest absolute Gasteiger partial charge is 0.0367 e. The van der Waals surface area contributed by atoms with E-state index >= 15 is 0 Å². The average Bonchev–Trinajstić information content (AvgIpc) is 2.79. The summed E-state index contributed by atoms with van der Waals surface area (Å²) in [6.07, 6.45) is 6.22. The third kappa shape index (κ3) is 3.51. The van der Waals surface area contributed by atoms with Gasteiger partial charge in [0.25, 0.3) is 0 Å². The van der Waals surface area contributed by atoms with Crippen molar-refractivity contribution in [2.45, 2.75) is 58.3 Å². The Hall–Kier alpha value is -0.0100. The molecule has 0 amide bonds. The molecule has 1 aromatic heterocycles. The molecule has 2 rings (SSSR count). The predicted octanol–water partition coefficient (Wildman–Crippen LogP) is 5.53. The van der Waals surface area contributed by atoms with Gasteiger partial charge < -0.3 is 0 Å². The number of halogens is 1. The zero-order valence-electron chi connectivity index (χ0n) is 11.8. The summed E-state index contributed by atoms with van der Waals surface area (Å²) in [6, 6.07) is 4.60. The van der Waals surface area contributed by atoms with Gasteiger partial charge in [0, 0.05) is 15.1 Å². The second-order valence-corrected chi connectivity index (χ2v) is 7.83. The molecule has 0 nitrogen and oxygen atoms in total. The van der Waals surface area contributed by atoms with Crippen molar-refractivity contribution in [2.75, 3.05) is 0 Å². The molecule has 1 fully saturated rings. The van der Waals surface area contributed by atoms with Crippen LogP contribution in [0.15, 0.2) is 12.1 Å². The van der Waals surface area contributed by atoms with E-state index in [1.165, 1.54) is 35.4 Å². The van der Waals surface area contributed by atoms with Gasteiger partial charge in [-0.2, -0.15) is 0 Å².